The van der Waals surface area contributed by atoms with Crippen molar-refractivity contribution in [2.45, 2.75) is 64.8 Å². The summed E-state index contributed by atoms with van der Waals surface area (Å²) in [6.07, 6.45) is 6.20. The molecule has 1 fully saturated rings. The Balaban J connectivity index is 1.58. The van der Waals surface area contributed by atoms with E-state index >= 15 is 0 Å². The van der Waals surface area contributed by atoms with Crippen molar-refractivity contribution in [2.24, 2.45) is 0 Å². The summed E-state index contributed by atoms with van der Waals surface area (Å²) in [6.45, 7) is 6.03. The zero-order chi connectivity index (χ0) is 22.7. The molecule has 8 nitrogen and oxygen atoms in total. The van der Waals surface area contributed by atoms with Gasteiger partial charge in [0.25, 0.3) is 6.43 Å². The van der Waals surface area contributed by atoms with Gasteiger partial charge in [0.15, 0.2) is 11.5 Å². The van der Waals surface area contributed by atoms with Crippen molar-refractivity contribution in [3.8, 4) is 0 Å². The van der Waals surface area contributed by atoms with E-state index in [1.807, 2.05) is 13.1 Å². The standard InChI is InChI=1S/C22H30F2N8/c1-3-7-17(18(23)24)28-22-29-19(25)21-27-13-16(32(21)30-22)11-15-10-14(2)20(26-12-15)31-8-5-4-6-9-31/h10,12-13,17-18H,3-9,11H2,1-2H3,(H3,25,28,29,30)/t17-/m1/s1. The highest BCUT2D eigenvalue weighted by molar-refractivity contribution is 5.61. The zero-order valence-corrected chi connectivity index (χ0v) is 18.6. The molecule has 0 unspecified atom stereocenters. The van der Waals surface area contributed by atoms with Crippen LogP contribution in [0, 0.1) is 6.92 Å². The summed E-state index contributed by atoms with van der Waals surface area (Å²) in [4.78, 5) is 15.5. The molecule has 0 bridgehead atoms. The Bertz CT molecular complexity index is 1060. The molecule has 0 aliphatic carbocycles. The maximum absolute atomic E-state index is 13.3. The van der Waals surface area contributed by atoms with Crippen molar-refractivity contribution >= 4 is 23.2 Å². The first-order valence-electron chi connectivity index (χ1n) is 11.2. The molecule has 0 amide bonds. The highest BCUT2D eigenvalue weighted by Gasteiger charge is 2.22. The number of piperidine rings is 1. The highest BCUT2D eigenvalue weighted by Crippen LogP contribution is 2.24. The molecule has 0 radical (unpaired) electrons. The van der Waals surface area contributed by atoms with Crippen LogP contribution in [0.15, 0.2) is 18.5 Å². The summed E-state index contributed by atoms with van der Waals surface area (Å²) >= 11 is 0. The first kappa shape index (κ1) is 22.2. The lowest BCUT2D eigenvalue weighted by Gasteiger charge is -2.29. The molecular weight excluding hydrogens is 414 g/mol. The summed E-state index contributed by atoms with van der Waals surface area (Å²) in [5, 5.41) is 7.13. The van der Waals surface area contributed by atoms with Crippen molar-refractivity contribution in [1.29, 1.82) is 0 Å². The summed E-state index contributed by atoms with van der Waals surface area (Å²) in [5.41, 5.74) is 9.38. The Hall–Kier alpha value is -3.04. The molecule has 3 N–H and O–H groups in total. The van der Waals surface area contributed by atoms with Gasteiger partial charge >= 0.3 is 0 Å². The molecule has 4 heterocycles. The number of aryl methyl sites for hydroxylation is 1. The number of hydrogen-bond acceptors (Lipinski definition) is 7. The number of aromatic nitrogens is 5. The number of nitrogens with zero attached hydrogens (tertiary/aromatic N) is 6. The van der Waals surface area contributed by atoms with E-state index in [0.29, 0.717) is 24.9 Å². The van der Waals surface area contributed by atoms with Crippen LogP contribution in [0.2, 0.25) is 0 Å². The number of fused-ring (bicyclic) bond motifs is 1. The first-order valence-corrected chi connectivity index (χ1v) is 11.2. The second-order valence-electron chi connectivity index (χ2n) is 8.39. The molecular formula is C22H30F2N8. The summed E-state index contributed by atoms with van der Waals surface area (Å²) in [5.74, 6) is 1.26. The molecule has 1 saturated heterocycles. The van der Waals surface area contributed by atoms with Crippen LogP contribution in [0.3, 0.4) is 0 Å². The molecule has 172 valence electrons. The van der Waals surface area contributed by atoms with Gasteiger partial charge in [0.05, 0.1) is 17.9 Å². The van der Waals surface area contributed by atoms with Crippen LogP contribution in [-0.2, 0) is 6.42 Å². The third-order valence-electron chi connectivity index (χ3n) is 5.83. The Morgan fingerprint density at radius 1 is 1.16 bits per heavy atom. The van der Waals surface area contributed by atoms with Gasteiger partial charge in [-0.3, -0.25) is 0 Å². The maximum Gasteiger partial charge on any atom is 0.258 e. The van der Waals surface area contributed by atoms with Crippen LogP contribution in [0.4, 0.5) is 26.4 Å². The molecule has 0 spiro atoms. The molecule has 3 aromatic rings. The lowest BCUT2D eigenvalue weighted by atomic mass is 10.1. The van der Waals surface area contributed by atoms with Crippen LogP contribution in [0.25, 0.3) is 5.65 Å². The second kappa shape index (κ2) is 9.62. The molecule has 0 saturated carbocycles. The van der Waals surface area contributed by atoms with Gasteiger partial charge < -0.3 is 16.0 Å². The monoisotopic (exact) mass is 444 g/mol. The average molecular weight is 445 g/mol. The number of anilines is 3. The topological polar surface area (TPSA) is 97.3 Å². The van der Waals surface area contributed by atoms with Gasteiger partial charge in [0, 0.05) is 25.7 Å². The SMILES string of the molecule is CCC[C@@H](Nc1nc(N)c2ncc(Cc3cnc(N4CCCCC4)c(C)c3)n2n1)C(F)F. The van der Waals surface area contributed by atoms with E-state index in [1.165, 1.54) is 19.3 Å². The van der Waals surface area contributed by atoms with Crippen LogP contribution in [0.1, 0.15) is 55.8 Å². The first-order chi connectivity index (χ1) is 15.5. The summed E-state index contributed by atoms with van der Waals surface area (Å²) < 4.78 is 28.2. The largest absolute Gasteiger partial charge is 0.380 e. The van der Waals surface area contributed by atoms with Crippen molar-refractivity contribution < 1.29 is 8.78 Å². The number of pyridine rings is 1. The summed E-state index contributed by atoms with van der Waals surface area (Å²) in [7, 11) is 0. The van der Waals surface area contributed by atoms with Gasteiger partial charge in [0.1, 0.15) is 5.82 Å². The van der Waals surface area contributed by atoms with Crippen molar-refractivity contribution in [3.05, 3.63) is 35.3 Å². The van der Waals surface area contributed by atoms with Crippen LogP contribution >= 0.6 is 0 Å². The number of halogens is 2. The van der Waals surface area contributed by atoms with Gasteiger partial charge in [-0.25, -0.2) is 23.3 Å². The quantitative estimate of drug-likeness (QED) is 0.545. The van der Waals surface area contributed by atoms with Crippen LogP contribution in [0.5, 0.6) is 0 Å². The normalized spacial score (nSPS) is 15.5. The minimum Gasteiger partial charge on any atom is -0.380 e. The number of alkyl halides is 2. The Morgan fingerprint density at radius 2 is 1.94 bits per heavy atom. The Morgan fingerprint density at radius 3 is 2.62 bits per heavy atom. The zero-order valence-electron chi connectivity index (χ0n) is 18.6. The van der Waals surface area contributed by atoms with Crippen molar-refractivity contribution in [1.82, 2.24) is 24.6 Å². The number of nitrogens with two attached hydrogens (primary N) is 1. The Kier molecular flexibility index (Phi) is 6.66. The fourth-order valence-electron chi connectivity index (χ4n) is 4.24. The van der Waals surface area contributed by atoms with E-state index in [-0.39, 0.29) is 11.8 Å². The van der Waals surface area contributed by atoms with Gasteiger partial charge in [-0.2, -0.15) is 4.98 Å². The number of hydrogen-bond donors (Lipinski definition) is 2. The fourth-order valence-corrected chi connectivity index (χ4v) is 4.24. The summed E-state index contributed by atoms with van der Waals surface area (Å²) in [6, 6.07) is 1.10. The predicted octanol–water partition coefficient (Wildman–Crippen LogP) is 3.84. The number of rotatable bonds is 8. The average Bonchev–Trinajstić information content (AvgIpc) is 3.17. The number of nitrogens with one attached hydrogen (secondary N) is 1. The minimum absolute atomic E-state index is 0.0720. The fraction of sp³-hybridized carbons (Fsp3) is 0.545. The van der Waals surface area contributed by atoms with E-state index < -0.39 is 12.5 Å². The van der Waals surface area contributed by atoms with E-state index in [1.54, 1.807) is 10.7 Å². The lowest BCUT2D eigenvalue weighted by molar-refractivity contribution is 0.119. The van der Waals surface area contributed by atoms with Gasteiger partial charge in [-0.05, 0) is 43.7 Å². The van der Waals surface area contributed by atoms with Gasteiger partial charge in [0.2, 0.25) is 5.95 Å². The van der Waals surface area contributed by atoms with Crippen LogP contribution in [-0.4, -0.2) is 50.1 Å². The van der Waals surface area contributed by atoms with E-state index in [9.17, 15) is 8.78 Å². The lowest BCUT2D eigenvalue weighted by Crippen LogP contribution is -2.30. The van der Waals surface area contributed by atoms with Gasteiger partial charge in [-0.1, -0.05) is 19.4 Å². The van der Waals surface area contributed by atoms with Crippen molar-refractivity contribution in [2.75, 3.05) is 29.0 Å². The molecule has 3 aromatic heterocycles. The van der Waals surface area contributed by atoms with E-state index in [2.05, 4.69) is 38.3 Å². The van der Waals surface area contributed by atoms with Crippen molar-refractivity contribution in [3.63, 3.8) is 0 Å². The third kappa shape index (κ3) is 4.73. The third-order valence-corrected chi connectivity index (χ3v) is 5.83. The smallest absolute Gasteiger partial charge is 0.258 e. The van der Waals surface area contributed by atoms with E-state index in [0.717, 1.165) is 35.7 Å². The highest BCUT2D eigenvalue weighted by atomic mass is 19.3. The molecule has 1 aliphatic rings. The maximum atomic E-state index is 13.3. The van der Waals surface area contributed by atoms with Crippen LogP contribution < -0.4 is 16.0 Å². The molecule has 0 aromatic carbocycles. The molecule has 1 atom stereocenters. The molecule has 10 heteroatoms. The number of nitrogen functional groups attached to an aromatic ring is 1. The molecule has 32 heavy (non-hydrogen) atoms. The molecule has 1 aliphatic heterocycles. The second-order valence-corrected chi connectivity index (χ2v) is 8.39. The molecule has 4 rings (SSSR count). The van der Waals surface area contributed by atoms with Gasteiger partial charge in [-0.15, -0.1) is 5.10 Å². The van der Waals surface area contributed by atoms with E-state index in [4.69, 9.17) is 10.7 Å². The predicted molar refractivity (Wildman–Crippen MR) is 121 cm³/mol. The number of imidazole rings is 1. The minimum atomic E-state index is -2.52. The Labute approximate surface area is 186 Å².